The van der Waals surface area contributed by atoms with Crippen molar-refractivity contribution in [2.24, 2.45) is 7.05 Å². The van der Waals surface area contributed by atoms with Gasteiger partial charge in [-0.25, -0.2) is 9.48 Å². The zero-order valence-corrected chi connectivity index (χ0v) is 15.4. The van der Waals surface area contributed by atoms with E-state index in [2.05, 4.69) is 39.2 Å². The van der Waals surface area contributed by atoms with Gasteiger partial charge in [0.05, 0.1) is 5.52 Å². The largest absolute Gasteiger partial charge is 0.345 e. The minimum Gasteiger partial charge on any atom is -0.298 e. The third kappa shape index (κ3) is 3.05. The van der Waals surface area contributed by atoms with Crippen LogP contribution in [0.3, 0.4) is 0 Å². The fourth-order valence-electron chi connectivity index (χ4n) is 4.07. The molecule has 1 unspecified atom stereocenters. The summed E-state index contributed by atoms with van der Waals surface area (Å²) in [6, 6.07) is 10.5. The zero-order valence-electron chi connectivity index (χ0n) is 15.4. The van der Waals surface area contributed by atoms with Crippen LogP contribution < -0.4 is 5.69 Å². The summed E-state index contributed by atoms with van der Waals surface area (Å²) in [6.07, 6.45) is 4.07. The molecule has 2 aromatic heterocycles. The maximum Gasteiger partial charge on any atom is 0.345 e. The van der Waals surface area contributed by atoms with E-state index in [1.165, 1.54) is 15.6 Å². The first-order valence-electron chi connectivity index (χ1n) is 9.36. The van der Waals surface area contributed by atoms with Gasteiger partial charge in [-0.05, 0) is 37.9 Å². The first-order chi connectivity index (χ1) is 12.7. The maximum atomic E-state index is 12.2. The van der Waals surface area contributed by atoms with Crippen LogP contribution in [-0.2, 0) is 20.1 Å². The van der Waals surface area contributed by atoms with E-state index in [-0.39, 0.29) is 5.69 Å². The Balaban J connectivity index is 1.58. The number of aromatic nitrogens is 4. The number of likely N-dealkylation sites (tertiary alicyclic amines) is 1. The first-order valence-corrected chi connectivity index (χ1v) is 9.36. The van der Waals surface area contributed by atoms with Gasteiger partial charge in [0.2, 0.25) is 0 Å². The van der Waals surface area contributed by atoms with Gasteiger partial charge >= 0.3 is 5.69 Å². The van der Waals surface area contributed by atoms with Crippen molar-refractivity contribution in [1.82, 2.24) is 24.2 Å². The maximum absolute atomic E-state index is 12.2. The highest BCUT2D eigenvalue weighted by Gasteiger charge is 2.26. The Kier molecular flexibility index (Phi) is 4.59. The normalized spacial score (nSPS) is 18.5. The Hall–Kier alpha value is -2.47. The molecule has 0 radical (unpaired) electrons. The lowest BCUT2D eigenvalue weighted by atomic mass is 9.96. The van der Waals surface area contributed by atoms with Gasteiger partial charge in [0.15, 0.2) is 0 Å². The van der Waals surface area contributed by atoms with Crippen LogP contribution in [0.4, 0.5) is 0 Å². The molecule has 1 saturated heterocycles. The van der Waals surface area contributed by atoms with Gasteiger partial charge in [0.25, 0.3) is 0 Å². The Morgan fingerprint density at radius 3 is 2.92 bits per heavy atom. The monoisotopic (exact) mass is 351 g/mol. The van der Waals surface area contributed by atoms with E-state index in [0.29, 0.717) is 12.5 Å². The lowest BCUT2D eigenvalue weighted by molar-refractivity contribution is 0.195. The Morgan fingerprint density at radius 2 is 2.08 bits per heavy atom. The van der Waals surface area contributed by atoms with Gasteiger partial charge in [0, 0.05) is 44.2 Å². The van der Waals surface area contributed by atoms with Gasteiger partial charge in [-0.15, -0.1) is 0 Å². The molecule has 0 bridgehead atoms. The van der Waals surface area contributed by atoms with Crippen molar-refractivity contribution in [2.45, 2.75) is 38.8 Å². The molecule has 0 spiro atoms. The molecule has 136 valence electrons. The lowest BCUT2D eigenvalue weighted by Crippen LogP contribution is -2.35. The summed E-state index contributed by atoms with van der Waals surface area (Å²) >= 11 is 0. The van der Waals surface area contributed by atoms with E-state index in [1.54, 1.807) is 7.05 Å². The fourth-order valence-corrected chi connectivity index (χ4v) is 4.07. The summed E-state index contributed by atoms with van der Waals surface area (Å²) in [5.74, 6) is 1.24. The topological polar surface area (TPSA) is 56.0 Å². The lowest BCUT2D eigenvalue weighted by Gasteiger charge is -2.32. The molecular weight excluding hydrogens is 326 g/mol. The molecular formula is C20H25N5O. The molecule has 0 amide bonds. The van der Waals surface area contributed by atoms with E-state index >= 15 is 0 Å². The zero-order chi connectivity index (χ0) is 18.1. The van der Waals surface area contributed by atoms with E-state index in [0.717, 1.165) is 43.8 Å². The molecule has 1 atom stereocenters. The van der Waals surface area contributed by atoms with Gasteiger partial charge in [-0.1, -0.05) is 24.3 Å². The smallest absolute Gasteiger partial charge is 0.298 e. The van der Waals surface area contributed by atoms with Crippen LogP contribution in [0.15, 0.2) is 41.3 Å². The van der Waals surface area contributed by atoms with Crippen molar-refractivity contribution in [3.8, 4) is 0 Å². The number of fused-ring (bicyclic) bond motifs is 1. The minimum atomic E-state index is -0.0159. The highest BCUT2D eigenvalue weighted by molar-refractivity contribution is 5.81. The molecule has 1 fully saturated rings. The molecule has 1 aromatic carbocycles. The number of pyridine rings is 1. The summed E-state index contributed by atoms with van der Waals surface area (Å²) in [4.78, 5) is 19.3. The second kappa shape index (κ2) is 7.03. The van der Waals surface area contributed by atoms with Crippen LogP contribution in [0, 0.1) is 0 Å². The van der Waals surface area contributed by atoms with Crippen LogP contribution in [0.1, 0.15) is 37.1 Å². The predicted octanol–water partition coefficient (Wildman–Crippen LogP) is 2.53. The highest BCUT2D eigenvalue weighted by Crippen LogP contribution is 2.27. The number of nitrogens with zero attached hydrogens (tertiary/aromatic N) is 5. The molecule has 26 heavy (non-hydrogen) atoms. The SMILES string of the molecule is CCn1c(C2CCCN(Cc3cccc4cccnc34)C2)nn(C)c1=O. The average molecular weight is 351 g/mol. The molecule has 0 saturated carbocycles. The molecule has 6 nitrogen and oxygen atoms in total. The second-order valence-electron chi connectivity index (χ2n) is 7.08. The van der Waals surface area contributed by atoms with Gasteiger partial charge in [-0.3, -0.25) is 14.5 Å². The molecule has 3 aromatic rings. The van der Waals surface area contributed by atoms with Crippen molar-refractivity contribution in [2.75, 3.05) is 13.1 Å². The Labute approximate surface area is 153 Å². The van der Waals surface area contributed by atoms with Crippen LogP contribution >= 0.6 is 0 Å². The summed E-state index contributed by atoms with van der Waals surface area (Å²) in [6.45, 7) is 5.57. The van der Waals surface area contributed by atoms with Crippen molar-refractivity contribution >= 4 is 10.9 Å². The van der Waals surface area contributed by atoms with E-state index in [4.69, 9.17) is 0 Å². The van der Waals surface area contributed by atoms with Crippen LogP contribution in [-0.4, -0.2) is 37.3 Å². The van der Waals surface area contributed by atoms with E-state index < -0.39 is 0 Å². The summed E-state index contributed by atoms with van der Waals surface area (Å²) in [5.41, 5.74) is 2.33. The molecule has 4 rings (SSSR count). The molecule has 0 aliphatic carbocycles. The molecule has 1 aliphatic rings. The minimum absolute atomic E-state index is 0.0159. The number of hydrogen-bond acceptors (Lipinski definition) is 4. The average Bonchev–Trinajstić information content (AvgIpc) is 2.96. The summed E-state index contributed by atoms with van der Waals surface area (Å²) < 4.78 is 3.28. The van der Waals surface area contributed by atoms with Gasteiger partial charge in [0.1, 0.15) is 5.82 Å². The highest BCUT2D eigenvalue weighted by atomic mass is 16.2. The summed E-state index contributed by atoms with van der Waals surface area (Å²) in [7, 11) is 1.74. The summed E-state index contributed by atoms with van der Waals surface area (Å²) in [5, 5.41) is 5.71. The van der Waals surface area contributed by atoms with Crippen LogP contribution in [0.5, 0.6) is 0 Å². The quantitative estimate of drug-likeness (QED) is 0.725. The van der Waals surface area contributed by atoms with E-state index in [9.17, 15) is 4.79 Å². The van der Waals surface area contributed by atoms with Crippen molar-refractivity contribution < 1.29 is 0 Å². The number of piperidine rings is 1. The van der Waals surface area contributed by atoms with Crippen LogP contribution in [0.25, 0.3) is 10.9 Å². The third-order valence-electron chi connectivity index (χ3n) is 5.33. The Morgan fingerprint density at radius 1 is 1.23 bits per heavy atom. The Bertz CT molecular complexity index is 968. The number of aryl methyl sites for hydroxylation is 1. The van der Waals surface area contributed by atoms with Crippen molar-refractivity contribution in [3.05, 3.63) is 58.4 Å². The number of rotatable bonds is 4. The van der Waals surface area contributed by atoms with Crippen molar-refractivity contribution in [3.63, 3.8) is 0 Å². The standard InChI is InChI=1S/C20H25N5O/c1-3-25-19(22-23(2)20(25)26)17-10-6-12-24(14-17)13-16-8-4-7-15-9-5-11-21-18(15)16/h4-5,7-9,11,17H,3,6,10,12-14H2,1-2H3. The van der Waals surface area contributed by atoms with Crippen LogP contribution in [0.2, 0.25) is 0 Å². The first kappa shape index (κ1) is 17.0. The van der Waals surface area contributed by atoms with Crippen molar-refractivity contribution in [1.29, 1.82) is 0 Å². The number of benzene rings is 1. The van der Waals surface area contributed by atoms with E-state index in [1.807, 2.05) is 23.8 Å². The molecule has 1 aliphatic heterocycles. The fraction of sp³-hybridized carbons (Fsp3) is 0.450. The van der Waals surface area contributed by atoms with Gasteiger partial charge in [-0.2, -0.15) is 5.10 Å². The number of hydrogen-bond donors (Lipinski definition) is 0. The third-order valence-corrected chi connectivity index (χ3v) is 5.33. The molecule has 0 N–H and O–H groups in total. The molecule has 6 heteroatoms. The van der Waals surface area contributed by atoms with Gasteiger partial charge < -0.3 is 0 Å². The second-order valence-corrected chi connectivity index (χ2v) is 7.08. The predicted molar refractivity (Wildman–Crippen MR) is 102 cm³/mol. The molecule has 3 heterocycles. The number of para-hydroxylation sites is 1.